The monoisotopic (exact) mass is 256 g/mol. The van der Waals surface area contributed by atoms with E-state index >= 15 is 0 Å². The van der Waals surface area contributed by atoms with Gasteiger partial charge in [-0.05, 0) is 18.2 Å². The molecule has 3 N–H and O–H groups in total. The smallest absolute Gasteiger partial charge is 0.260 e. The quantitative estimate of drug-likeness (QED) is 0.826. The SMILES string of the molecule is CN(C(=O)c1ccccc1N)c1ccccc1CO. The van der Waals surface area contributed by atoms with E-state index in [1.54, 1.807) is 43.4 Å². The fourth-order valence-electron chi connectivity index (χ4n) is 1.95. The van der Waals surface area contributed by atoms with Crippen LogP contribution < -0.4 is 10.6 Å². The molecular weight excluding hydrogens is 240 g/mol. The number of nitrogens with two attached hydrogens (primary N) is 1. The van der Waals surface area contributed by atoms with E-state index in [0.29, 0.717) is 22.5 Å². The number of carbonyl (C=O) groups excluding carboxylic acids is 1. The number of aliphatic hydroxyl groups is 1. The average Bonchev–Trinajstić information content (AvgIpc) is 2.46. The van der Waals surface area contributed by atoms with Gasteiger partial charge in [-0.3, -0.25) is 4.79 Å². The first kappa shape index (κ1) is 13.1. The van der Waals surface area contributed by atoms with Gasteiger partial charge >= 0.3 is 0 Å². The van der Waals surface area contributed by atoms with Gasteiger partial charge in [0.2, 0.25) is 0 Å². The molecule has 2 rings (SSSR count). The number of aliphatic hydroxyl groups excluding tert-OH is 1. The predicted molar refractivity (Wildman–Crippen MR) is 76.0 cm³/mol. The molecule has 0 spiro atoms. The Labute approximate surface area is 112 Å². The Kier molecular flexibility index (Phi) is 3.82. The minimum atomic E-state index is -0.195. The molecule has 0 fully saturated rings. The molecule has 98 valence electrons. The highest BCUT2D eigenvalue weighted by molar-refractivity contribution is 6.09. The molecule has 19 heavy (non-hydrogen) atoms. The van der Waals surface area contributed by atoms with E-state index in [1.807, 2.05) is 12.1 Å². The third-order valence-electron chi connectivity index (χ3n) is 3.02. The Hall–Kier alpha value is -2.33. The lowest BCUT2D eigenvalue weighted by atomic mass is 10.1. The molecule has 0 aliphatic heterocycles. The Balaban J connectivity index is 2.37. The molecule has 0 aliphatic carbocycles. The molecule has 0 saturated carbocycles. The van der Waals surface area contributed by atoms with Crippen LogP contribution in [0, 0.1) is 0 Å². The highest BCUT2D eigenvalue weighted by atomic mass is 16.3. The van der Waals surface area contributed by atoms with E-state index in [9.17, 15) is 9.90 Å². The van der Waals surface area contributed by atoms with Gasteiger partial charge < -0.3 is 15.7 Å². The van der Waals surface area contributed by atoms with Crippen molar-refractivity contribution in [1.82, 2.24) is 0 Å². The van der Waals surface area contributed by atoms with E-state index in [2.05, 4.69) is 0 Å². The summed E-state index contributed by atoms with van der Waals surface area (Å²) < 4.78 is 0. The summed E-state index contributed by atoms with van der Waals surface area (Å²) in [4.78, 5) is 13.9. The van der Waals surface area contributed by atoms with Gasteiger partial charge in [0.1, 0.15) is 0 Å². The van der Waals surface area contributed by atoms with Gasteiger partial charge in [0.05, 0.1) is 12.2 Å². The zero-order valence-corrected chi connectivity index (χ0v) is 10.7. The summed E-state index contributed by atoms with van der Waals surface area (Å²) in [7, 11) is 1.67. The molecule has 0 bridgehead atoms. The standard InChI is InChI=1S/C15H16N2O2/c1-17(14-9-5-2-6-11(14)10-18)15(19)12-7-3-4-8-13(12)16/h2-9,18H,10,16H2,1H3. The summed E-state index contributed by atoms with van der Waals surface area (Å²) >= 11 is 0. The first-order valence-corrected chi connectivity index (χ1v) is 5.96. The molecule has 4 heteroatoms. The first-order valence-electron chi connectivity index (χ1n) is 5.96. The molecule has 0 atom stereocenters. The number of para-hydroxylation sites is 2. The second-order valence-electron chi connectivity index (χ2n) is 4.24. The van der Waals surface area contributed by atoms with E-state index in [-0.39, 0.29) is 12.5 Å². The van der Waals surface area contributed by atoms with E-state index in [4.69, 9.17) is 5.73 Å². The fourth-order valence-corrected chi connectivity index (χ4v) is 1.95. The summed E-state index contributed by atoms with van der Waals surface area (Å²) in [6, 6.07) is 14.2. The first-order chi connectivity index (χ1) is 9.15. The number of carbonyl (C=O) groups is 1. The van der Waals surface area contributed by atoms with Crippen molar-refractivity contribution in [1.29, 1.82) is 0 Å². The summed E-state index contributed by atoms with van der Waals surface area (Å²) in [5, 5.41) is 9.31. The van der Waals surface area contributed by atoms with Crippen LogP contribution in [0.15, 0.2) is 48.5 Å². The van der Waals surface area contributed by atoms with Crippen LogP contribution in [0.4, 0.5) is 11.4 Å². The van der Waals surface area contributed by atoms with E-state index in [0.717, 1.165) is 0 Å². The van der Waals surface area contributed by atoms with E-state index in [1.165, 1.54) is 4.90 Å². The molecule has 1 amide bonds. The molecule has 0 radical (unpaired) electrons. The van der Waals surface area contributed by atoms with Gasteiger partial charge in [-0.2, -0.15) is 0 Å². The molecule has 0 aromatic heterocycles. The van der Waals surface area contributed by atoms with Crippen LogP contribution in [0.1, 0.15) is 15.9 Å². The Morgan fingerprint density at radius 1 is 1.16 bits per heavy atom. The van der Waals surface area contributed by atoms with Crippen molar-refractivity contribution < 1.29 is 9.90 Å². The lowest BCUT2D eigenvalue weighted by Crippen LogP contribution is -2.28. The number of nitrogens with zero attached hydrogens (tertiary/aromatic N) is 1. The van der Waals surface area contributed by atoms with Gasteiger partial charge in [-0.1, -0.05) is 30.3 Å². The number of nitrogen functional groups attached to an aromatic ring is 1. The third-order valence-corrected chi connectivity index (χ3v) is 3.02. The van der Waals surface area contributed by atoms with E-state index < -0.39 is 0 Å². The molecule has 0 saturated heterocycles. The van der Waals surface area contributed by atoms with Crippen LogP contribution in [-0.4, -0.2) is 18.1 Å². The van der Waals surface area contributed by atoms with Gasteiger partial charge in [0.15, 0.2) is 0 Å². The number of anilines is 2. The van der Waals surface area contributed by atoms with Crippen LogP contribution in [0.3, 0.4) is 0 Å². The highest BCUT2D eigenvalue weighted by Crippen LogP contribution is 2.22. The van der Waals surface area contributed by atoms with Crippen LogP contribution >= 0.6 is 0 Å². The molecule has 0 heterocycles. The summed E-state index contributed by atoms with van der Waals surface area (Å²) in [5.74, 6) is -0.195. The van der Waals surface area contributed by atoms with Crippen LogP contribution in [0.25, 0.3) is 0 Å². The summed E-state index contributed by atoms with van der Waals surface area (Å²) in [6.45, 7) is -0.113. The Morgan fingerprint density at radius 3 is 2.47 bits per heavy atom. The molecule has 0 unspecified atom stereocenters. The number of amides is 1. The highest BCUT2D eigenvalue weighted by Gasteiger charge is 2.17. The second-order valence-corrected chi connectivity index (χ2v) is 4.24. The largest absolute Gasteiger partial charge is 0.398 e. The lowest BCUT2D eigenvalue weighted by molar-refractivity contribution is 0.0993. The number of hydrogen-bond donors (Lipinski definition) is 2. The van der Waals surface area contributed by atoms with Crippen LogP contribution in [-0.2, 0) is 6.61 Å². The number of benzene rings is 2. The van der Waals surface area contributed by atoms with Crippen molar-refractivity contribution in [3.63, 3.8) is 0 Å². The maximum absolute atomic E-state index is 12.4. The number of rotatable bonds is 3. The average molecular weight is 256 g/mol. The molecule has 2 aromatic rings. The minimum absolute atomic E-state index is 0.113. The predicted octanol–water partition coefficient (Wildman–Crippen LogP) is 2.04. The van der Waals surface area contributed by atoms with Gasteiger partial charge in [0, 0.05) is 24.0 Å². The van der Waals surface area contributed by atoms with Crippen molar-refractivity contribution in [3.8, 4) is 0 Å². The summed E-state index contributed by atoms with van der Waals surface area (Å²) in [5.41, 5.74) is 8.09. The van der Waals surface area contributed by atoms with Crippen molar-refractivity contribution in [2.45, 2.75) is 6.61 Å². The van der Waals surface area contributed by atoms with Gasteiger partial charge in [0.25, 0.3) is 5.91 Å². The van der Waals surface area contributed by atoms with Crippen molar-refractivity contribution in [2.24, 2.45) is 0 Å². The van der Waals surface area contributed by atoms with Crippen LogP contribution in [0.2, 0.25) is 0 Å². The lowest BCUT2D eigenvalue weighted by Gasteiger charge is -2.20. The second kappa shape index (κ2) is 5.54. The van der Waals surface area contributed by atoms with Gasteiger partial charge in [-0.15, -0.1) is 0 Å². The Bertz CT molecular complexity index is 596. The van der Waals surface area contributed by atoms with Gasteiger partial charge in [-0.25, -0.2) is 0 Å². The number of hydrogen-bond acceptors (Lipinski definition) is 3. The zero-order chi connectivity index (χ0) is 13.8. The maximum Gasteiger partial charge on any atom is 0.260 e. The summed E-state index contributed by atoms with van der Waals surface area (Å²) in [6.07, 6.45) is 0. The molecule has 4 nitrogen and oxygen atoms in total. The normalized spacial score (nSPS) is 10.2. The third kappa shape index (κ3) is 2.58. The minimum Gasteiger partial charge on any atom is -0.398 e. The molecular formula is C15H16N2O2. The Morgan fingerprint density at radius 2 is 1.79 bits per heavy atom. The van der Waals surface area contributed by atoms with Crippen LogP contribution in [0.5, 0.6) is 0 Å². The topological polar surface area (TPSA) is 66.6 Å². The molecule has 2 aromatic carbocycles. The van der Waals surface area contributed by atoms with Crippen molar-refractivity contribution in [3.05, 3.63) is 59.7 Å². The maximum atomic E-state index is 12.4. The van der Waals surface area contributed by atoms with Crippen molar-refractivity contribution >= 4 is 17.3 Å². The zero-order valence-electron chi connectivity index (χ0n) is 10.7. The molecule has 0 aliphatic rings. The van der Waals surface area contributed by atoms with Crippen molar-refractivity contribution in [2.75, 3.05) is 17.7 Å². The fraction of sp³-hybridized carbons (Fsp3) is 0.133.